The van der Waals surface area contributed by atoms with E-state index in [-0.39, 0.29) is 16.9 Å². The van der Waals surface area contributed by atoms with Gasteiger partial charge in [0.25, 0.3) is 0 Å². The highest BCUT2D eigenvalue weighted by Gasteiger charge is 2.32. The molecule has 180 valence electrons. The van der Waals surface area contributed by atoms with Crippen LogP contribution in [0.25, 0.3) is 28.1 Å². The number of nitrogens with one attached hydrogen (secondary N) is 1. The summed E-state index contributed by atoms with van der Waals surface area (Å²) in [5.41, 5.74) is 7.08. The number of halogens is 1. The molecule has 5 rings (SSSR count). The molecule has 0 spiro atoms. The molecule has 1 aromatic heterocycles. The van der Waals surface area contributed by atoms with Gasteiger partial charge >= 0.3 is 5.97 Å². The largest absolute Gasteiger partial charge is 0.478 e. The fourth-order valence-electron chi connectivity index (χ4n) is 4.75. The molecule has 1 aliphatic rings. The van der Waals surface area contributed by atoms with E-state index in [1.54, 1.807) is 12.1 Å². The van der Waals surface area contributed by atoms with Crippen molar-refractivity contribution in [3.8, 4) is 12.1 Å². The Hall–Kier alpha value is -5.01. The molecule has 0 radical (unpaired) electrons. The lowest BCUT2D eigenvalue weighted by Crippen LogP contribution is -2.02. The van der Waals surface area contributed by atoms with Gasteiger partial charge in [0, 0.05) is 11.6 Å². The molecule has 0 amide bonds. The topological polar surface area (TPSA) is 114 Å². The van der Waals surface area contributed by atoms with Crippen LogP contribution in [0.1, 0.15) is 51.8 Å². The van der Waals surface area contributed by atoms with Crippen LogP contribution in [-0.4, -0.2) is 21.3 Å². The lowest BCUT2D eigenvalue weighted by Gasteiger charge is -2.20. The number of allylic oxidation sites excluding steroid dienone is 1. The van der Waals surface area contributed by atoms with Gasteiger partial charge in [0.15, 0.2) is 0 Å². The summed E-state index contributed by atoms with van der Waals surface area (Å²) in [7, 11) is 0. The van der Waals surface area contributed by atoms with Crippen molar-refractivity contribution in [1.82, 2.24) is 10.2 Å². The van der Waals surface area contributed by atoms with Crippen LogP contribution in [0.15, 0.2) is 60.7 Å². The minimum atomic E-state index is -1.04. The number of aromatic amines is 1. The van der Waals surface area contributed by atoms with Gasteiger partial charge in [-0.15, -0.1) is 5.10 Å². The Bertz CT molecular complexity index is 1690. The highest BCUT2D eigenvalue weighted by atomic mass is 19.1. The van der Waals surface area contributed by atoms with Crippen molar-refractivity contribution < 1.29 is 14.3 Å². The number of aryl methyl sites for hydroxylation is 1. The highest BCUT2D eigenvalue weighted by Crippen LogP contribution is 2.49. The summed E-state index contributed by atoms with van der Waals surface area (Å²) in [6.07, 6.45) is 4.53. The standard InChI is InChI=1S/C30H21FN4O2/c1-17-14-19(15-32)4-10-22(17)27(21-8-9-21)28(20-6-2-18(3-7-20)5-13-26(36)37)23-11-12-25-29(24(23)16-33)30(31)35-34-25/h2-7,10-14,21H,8-9H2,1H3,(H,34,35)(H,36,37). The molecule has 1 aliphatic carbocycles. The molecule has 0 aliphatic heterocycles. The molecular weight excluding hydrogens is 467 g/mol. The summed E-state index contributed by atoms with van der Waals surface area (Å²) in [6, 6.07) is 20.9. The molecule has 0 atom stereocenters. The van der Waals surface area contributed by atoms with Crippen LogP contribution in [0, 0.1) is 41.5 Å². The molecule has 1 saturated carbocycles. The number of carboxylic acids is 1. The number of rotatable bonds is 6. The molecule has 37 heavy (non-hydrogen) atoms. The molecule has 4 aromatic rings. The van der Waals surface area contributed by atoms with E-state index in [2.05, 4.69) is 22.3 Å². The zero-order valence-electron chi connectivity index (χ0n) is 19.9. The predicted molar refractivity (Wildman–Crippen MR) is 138 cm³/mol. The number of fused-ring (bicyclic) bond motifs is 1. The SMILES string of the molecule is Cc1cc(C#N)ccc1C(=C(c1ccc(C=CC(=O)O)cc1)c1ccc2[nH]nc(F)c2c1C#N)C1CC1. The number of nitriles is 2. The van der Waals surface area contributed by atoms with E-state index in [0.29, 0.717) is 22.2 Å². The fourth-order valence-corrected chi connectivity index (χ4v) is 4.75. The molecule has 6 nitrogen and oxygen atoms in total. The molecule has 0 bridgehead atoms. The third-order valence-electron chi connectivity index (χ3n) is 6.59. The maximum Gasteiger partial charge on any atom is 0.328 e. The summed E-state index contributed by atoms with van der Waals surface area (Å²) in [6.45, 7) is 1.96. The summed E-state index contributed by atoms with van der Waals surface area (Å²) < 4.78 is 14.7. The van der Waals surface area contributed by atoms with E-state index in [1.165, 1.54) is 6.08 Å². The van der Waals surface area contributed by atoms with Crippen molar-refractivity contribution in [3.63, 3.8) is 0 Å². The normalized spacial score (nSPS) is 13.8. The van der Waals surface area contributed by atoms with Gasteiger partial charge in [-0.25, -0.2) is 4.79 Å². The van der Waals surface area contributed by atoms with Gasteiger partial charge in [0.1, 0.15) is 6.07 Å². The third-order valence-corrected chi connectivity index (χ3v) is 6.59. The first-order chi connectivity index (χ1) is 17.9. The van der Waals surface area contributed by atoms with Crippen molar-refractivity contribution >= 4 is 34.1 Å². The Morgan fingerprint density at radius 3 is 2.43 bits per heavy atom. The van der Waals surface area contributed by atoms with E-state index in [1.807, 2.05) is 49.4 Å². The predicted octanol–water partition coefficient (Wildman–Crippen LogP) is 6.22. The van der Waals surface area contributed by atoms with E-state index < -0.39 is 11.9 Å². The number of hydrogen-bond acceptors (Lipinski definition) is 4. The van der Waals surface area contributed by atoms with Crippen LogP contribution in [0.2, 0.25) is 0 Å². The van der Waals surface area contributed by atoms with Crippen molar-refractivity contribution in [1.29, 1.82) is 10.5 Å². The zero-order chi connectivity index (χ0) is 26.1. The third kappa shape index (κ3) is 4.51. The van der Waals surface area contributed by atoms with E-state index >= 15 is 0 Å². The highest BCUT2D eigenvalue weighted by molar-refractivity contribution is 6.04. The monoisotopic (exact) mass is 488 g/mol. The number of hydrogen-bond donors (Lipinski definition) is 2. The van der Waals surface area contributed by atoms with E-state index in [4.69, 9.17) is 5.11 Å². The average molecular weight is 489 g/mol. The summed E-state index contributed by atoms with van der Waals surface area (Å²) in [4.78, 5) is 10.9. The molecule has 1 fully saturated rings. The van der Waals surface area contributed by atoms with Crippen LogP contribution < -0.4 is 0 Å². The molecular formula is C30H21FN4O2. The fraction of sp³-hybridized carbons (Fsp3) is 0.133. The molecule has 3 aromatic carbocycles. The first-order valence-corrected chi connectivity index (χ1v) is 11.7. The first kappa shape index (κ1) is 23.7. The zero-order valence-corrected chi connectivity index (χ0v) is 19.9. The van der Waals surface area contributed by atoms with Gasteiger partial charge in [-0.05, 0) is 83.4 Å². The molecule has 0 saturated heterocycles. The minimum Gasteiger partial charge on any atom is -0.478 e. The number of nitrogens with zero attached hydrogens (tertiary/aromatic N) is 3. The first-order valence-electron chi connectivity index (χ1n) is 11.7. The molecule has 1 heterocycles. The van der Waals surface area contributed by atoms with Crippen LogP contribution in [0.3, 0.4) is 0 Å². The maximum absolute atomic E-state index is 14.7. The van der Waals surface area contributed by atoms with Gasteiger partial charge < -0.3 is 5.11 Å². The summed E-state index contributed by atoms with van der Waals surface area (Å²) in [5.74, 6) is -1.53. The van der Waals surface area contributed by atoms with Crippen molar-refractivity contribution in [2.45, 2.75) is 19.8 Å². The Kier molecular flexibility index (Phi) is 6.13. The van der Waals surface area contributed by atoms with Crippen LogP contribution in [0.5, 0.6) is 0 Å². The van der Waals surface area contributed by atoms with Gasteiger partial charge in [0.05, 0.1) is 28.1 Å². The summed E-state index contributed by atoms with van der Waals surface area (Å²) in [5, 5.41) is 34.9. The second-order valence-corrected chi connectivity index (χ2v) is 9.03. The molecule has 7 heteroatoms. The van der Waals surface area contributed by atoms with Crippen LogP contribution in [-0.2, 0) is 4.79 Å². The van der Waals surface area contributed by atoms with Crippen LogP contribution in [0.4, 0.5) is 4.39 Å². The smallest absolute Gasteiger partial charge is 0.328 e. The lowest BCUT2D eigenvalue weighted by molar-refractivity contribution is -0.131. The van der Waals surface area contributed by atoms with Gasteiger partial charge in [-0.3, -0.25) is 5.10 Å². The average Bonchev–Trinajstić information content (AvgIpc) is 3.68. The van der Waals surface area contributed by atoms with Gasteiger partial charge in [-0.2, -0.15) is 14.9 Å². The number of benzene rings is 3. The van der Waals surface area contributed by atoms with E-state index in [0.717, 1.165) is 46.8 Å². The number of carbonyl (C=O) groups is 1. The quantitative estimate of drug-likeness (QED) is 0.247. The maximum atomic E-state index is 14.7. The minimum absolute atomic E-state index is 0.144. The number of carboxylic acid groups (broad SMARTS) is 1. The van der Waals surface area contributed by atoms with Gasteiger partial charge in [-0.1, -0.05) is 36.4 Å². The van der Waals surface area contributed by atoms with Gasteiger partial charge in [0.2, 0.25) is 5.95 Å². The lowest BCUT2D eigenvalue weighted by atomic mass is 9.83. The summed E-state index contributed by atoms with van der Waals surface area (Å²) >= 11 is 0. The Labute approximate surface area is 212 Å². The van der Waals surface area contributed by atoms with Crippen molar-refractivity contribution in [2.75, 3.05) is 0 Å². The Balaban J connectivity index is 1.83. The van der Waals surface area contributed by atoms with Crippen LogP contribution >= 0.6 is 0 Å². The molecule has 2 N–H and O–H groups in total. The number of aromatic nitrogens is 2. The van der Waals surface area contributed by atoms with E-state index in [9.17, 15) is 19.7 Å². The second-order valence-electron chi connectivity index (χ2n) is 9.03. The van der Waals surface area contributed by atoms with Crippen molar-refractivity contribution in [2.24, 2.45) is 5.92 Å². The number of H-pyrrole nitrogens is 1. The molecule has 0 unspecified atom stereocenters. The Morgan fingerprint density at radius 2 is 1.81 bits per heavy atom. The second kappa shape index (κ2) is 9.56. The van der Waals surface area contributed by atoms with Crippen molar-refractivity contribution in [3.05, 3.63) is 106 Å². The number of aliphatic carboxylic acids is 1. The Morgan fingerprint density at radius 1 is 1.08 bits per heavy atom.